The fraction of sp³-hybridized carbons (Fsp3) is 0.364. The summed E-state index contributed by atoms with van der Waals surface area (Å²) < 4.78 is 10.5. The van der Waals surface area contributed by atoms with Gasteiger partial charge in [0.1, 0.15) is 12.4 Å². The minimum absolute atomic E-state index is 0.0948. The Kier molecular flexibility index (Phi) is 8.26. The molecule has 1 aliphatic heterocycles. The molecule has 1 fully saturated rings. The van der Waals surface area contributed by atoms with E-state index in [2.05, 4.69) is 5.32 Å². The van der Waals surface area contributed by atoms with E-state index in [0.717, 1.165) is 22.0 Å². The Morgan fingerprint density at radius 3 is 2.30 bits per heavy atom. The molecule has 0 aliphatic carbocycles. The summed E-state index contributed by atoms with van der Waals surface area (Å²) in [6.45, 7) is 2.78. The lowest BCUT2D eigenvalue weighted by Gasteiger charge is -2.34. The smallest absolute Gasteiger partial charge is 0.410 e. The van der Waals surface area contributed by atoms with Crippen LogP contribution in [0.3, 0.4) is 0 Å². The first-order valence-electron chi connectivity index (χ1n) is 9.91. The van der Waals surface area contributed by atoms with Crippen molar-refractivity contribution < 1.29 is 19.1 Å². The Bertz CT molecular complexity index is 809. The Hall–Kier alpha value is -2.87. The third-order valence-electron chi connectivity index (χ3n) is 4.74. The molecule has 1 aliphatic rings. The molecule has 0 atom stereocenters. The van der Waals surface area contributed by atoms with Gasteiger partial charge in [0.05, 0.1) is 7.11 Å². The summed E-state index contributed by atoms with van der Waals surface area (Å²) in [6.07, 6.45) is -0.338. The van der Waals surface area contributed by atoms with Gasteiger partial charge >= 0.3 is 12.1 Å². The van der Waals surface area contributed by atoms with Crippen LogP contribution in [0.5, 0.6) is 5.75 Å². The van der Waals surface area contributed by atoms with Gasteiger partial charge in [-0.05, 0) is 29.8 Å². The zero-order valence-electron chi connectivity index (χ0n) is 17.1. The Morgan fingerprint density at radius 1 is 0.967 bits per heavy atom. The lowest BCUT2D eigenvalue weighted by atomic mass is 10.2. The van der Waals surface area contributed by atoms with Crippen molar-refractivity contribution in [3.05, 3.63) is 60.2 Å². The van der Waals surface area contributed by atoms with Crippen LogP contribution in [-0.2, 0) is 11.3 Å². The highest BCUT2D eigenvalue weighted by Gasteiger charge is 2.24. The maximum absolute atomic E-state index is 12.3. The molecule has 0 bridgehead atoms. The number of nitrogens with one attached hydrogen (secondary N) is 1. The molecule has 8 heteroatoms. The molecule has 0 spiro atoms. The maximum atomic E-state index is 12.3. The second kappa shape index (κ2) is 11.3. The van der Waals surface area contributed by atoms with E-state index in [1.54, 1.807) is 28.7 Å². The van der Waals surface area contributed by atoms with E-state index in [1.807, 2.05) is 54.6 Å². The normalized spacial score (nSPS) is 13.6. The van der Waals surface area contributed by atoms with Crippen LogP contribution in [-0.4, -0.2) is 67.5 Å². The lowest BCUT2D eigenvalue weighted by molar-refractivity contribution is 0.0769. The van der Waals surface area contributed by atoms with Crippen molar-refractivity contribution in [3.63, 3.8) is 0 Å². The van der Waals surface area contributed by atoms with Crippen molar-refractivity contribution in [2.75, 3.05) is 45.6 Å². The quantitative estimate of drug-likeness (QED) is 0.539. The van der Waals surface area contributed by atoms with Gasteiger partial charge in [-0.25, -0.2) is 9.59 Å². The van der Waals surface area contributed by atoms with E-state index in [0.29, 0.717) is 32.7 Å². The largest absolute Gasteiger partial charge is 0.497 e. The molecular formula is C22H27N3O4S. The molecule has 1 N–H and O–H groups in total. The van der Waals surface area contributed by atoms with Crippen LogP contribution in [0.2, 0.25) is 0 Å². The fourth-order valence-corrected chi connectivity index (χ4v) is 3.78. The van der Waals surface area contributed by atoms with Gasteiger partial charge in [0.15, 0.2) is 0 Å². The van der Waals surface area contributed by atoms with Crippen LogP contribution in [0.25, 0.3) is 0 Å². The van der Waals surface area contributed by atoms with Gasteiger partial charge in [-0.2, -0.15) is 0 Å². The fourth-order valence-electron chi connectivity index (χ4n) is 3.01. The molecule has 2 aromatic rings. The number of nitrogens with zero attached hydrogens (tertiary/aromatic N) is 2. The number of thioether (sulfide) groups is 1. The number of hydrogen-bond acceptors (Lipinski definition) is 5. The van der Waals surface area contributed by atoms with E-state index in [9.17, 15) is 9.59 Å². The van der Waals surface area contributed by atoms with Crippen LogP contribution >= 0.6 is 11.8 Å². The Balaban J connectivity index is 1.31. The van der Waals surface area contributed by atoms with Crippen LogP contribution in [0, 0.1) is 0 Å². The number of carbonyl (C=O) groups excluding carboxylic acids is 2. The molecule has 0 aromatic heterocycles. The van der Waals surface area contributed by atoms with Crippen molar-refractivity contribution in [1.29, 1.82) is 0 Å². The molecule has 2 aromatic carbocycles. The van der Waals surface area contributed by atoms with Gasteiger partial charge in [-0.1, -0.05) is 30.3 Å². The predicted octanol–water partition coefficient (Wildman–Crippen LogP) is 3.45. The van der Waals surface area contributed by atoms with Gasteiger partial charge in [-0.15, -0.1) is 11.8 Å². The van der Waals surface area contributed by atoms with E-state index in [1.165, 1.54) is 0 Å². The Labute approximate surface area is 181 Å². The average molecular weight is 430 g/mol. The molecule has 1 saturated heterocycles. The van der Waals surface area contributed by atoms with E-state index < -0.39 is 0 Å². The number of carbonyl (C=O) groups is 2. The highest BCUT2D eigenvalue weighted by atomic mass is 32.2. The summed E-state index contributed by atoms with van der Waals surface area (Å²) in [6, 6.07) is 17.3. The number of amides is 3. The molecular weight excluding hydrogens is 402 g/mol. The summed E-state index contributed by atoms with van der Waals surface area (Å²) in [5.74, 6) is 1.61. The first-order valence-corrected chi connectivity index (χ1v) is 10.9. The van der Waals surface area contributed by atoms with Gasteiger partial charge in [0.2, 0.25) is 0 Å². The molecule has 30 heavy (non-hydrogen) atoms. The van der Waals surface area contributed by atoms with Crippen molar-refractivity contribution in [2.24, 2.45) is 0 Å². The van der Waals surface area contributed by atoms with E-state index >= 15 is 0 Å². The minimum Gasteiger partial charge on any atom is -0.497 e. The summed E-state index contributed by atoms with van der Waals surface area (Å²) in [5.41, 5.74) is 0.955. The zero-order valence-corrected chi connectivity index (χ0v) is 17.9. The Morgan fingerprint density at radius 2 is 1.63 bits per heavy atom. The summed E-state index contributed by atoms with van der Waals surface area (Å²) >= 11 is 1.68. The molecule has 1 heterocycles. The van der Waals surface area contributed by atoms with Crippen molar-refractivity contribution in [3.8, 4) is 5.75 Å². The van der Waals surface area contributed by atoms with Crippen molar-refractivity contribution in [1.82, 2.24) is 15.1 Å². The minimum atomic E-state index is -0.338. The standard InChI is InChI=1S/C22H27N3O4S/c1-28-19-7-9-20(10-8-19)30-16-11-23-21(26)24-12-14-25(15-13-24)22(27)29-17-18-5-3-2-4-6-18/h2-10H,11-17H2,1H3,(H,23,26). The third kappa shape index (κ3) is 6.59. The molecule has 0 radical (unpaired) electrons. The number of benzene rings is 2. The number of urea groups is 1. The molecule has 0 unspecified atom stereocenters. The highest BCUT2D eigenvalue weighted by Crippen LogP contribution is 2.20. The summed E-state index contributed by atoms with van der Waals surface area (Å²) in [4.78, 5) is 29.1. The zero-order chi connectivity index (χ0) is 21.2. The van der Waals surface area contributed by atoms with Crippen LogP contribution in [0.1, 0.15) is 5.56 Å². The molecule has 3 amide bonds. The summed E-state index contributed by atoms with van der Waals surface area (Å²) in [5, 5.41) is 2.94. The number of piperazine rings is 1. The van der Waals surface area contributed by atoms with Crippen LogP contribution in [0.4, 0.5) is 9.59 Å². The van der Waals surface area contributed by atoms with Gasteiger partial charge in [0, 0.05) is 43.4 Å². The molecule has 3 rings (SSSR count). The van der Waals surface area contributed by atoms with Gasteiger partial charge < -0.3 is 24.6 Å². The number of methoxy groups -OCH3 is 1. The van der Waals surface area contributed by atoms with Crippen molar-refractivity contribution in [2.45, 2.75) is 11.5 Å². The maximum Gasteiger partial charge on any atom is 0.410 e. The number of rotatable bonds is 7. The summed E-state index contributed by atoms with van der Waals surface area (Å²) in [7, 11) is 1.64. The first-order chi connectivity index (χ1) is 14.7. The van der Waals surface area contributed by atoms with Crippen molar-refractivity contribution >= 4 is 23.9 Å². The second-order valence-electron chi connectivity index (χ2n) is 6.77. The SMILES string of the molecule is COc1ccc(SCCNC(=O)N2CCN(C(=O)OCc3ccccc3)CC2)cc1. The van der Waals surface area contributed by atoms with E-state index in [4.69, 9.17) is 9.47 Å². The van der Waals surface area contributed by atoms with Gasteiger partial charge in [-0.3, -0.25) is 0 Å². The average Bonchev–Trinajstić information content (AvgIpc) is 2.81. The second-order valence-corrected chi connectivity index (χ2v) is 7.94. The molecule has 7 nitrogen and oxygen atoms in total. The highest BCUT2D eigenvalue weighted by molar-refractivity contribution is 7.99. The van der Waals surface area contributed by atoms with Crippen LogP contribution in [0.15, 0.2) is 59.5 Å². The van der Waals surface area contributed by atoms with E-state index in [-0.39, 0.29) is 18.7 Å². The lowest BCUT2D eigenvalue weighted by Crippen LogP contribution is -2.53. The first kappa shape index (κ1) is 21.8. The monoisotopic (exact) mass is 429 g/mol. The molecule has 160 valence electrons. The van der Waals surface area contributed by atoms with Gasteiger partial charge in [0.25, 0.3) is 0 Å². The third-order valence-corrected chi connectivity index (χ3v) is 5.75. The predicted molar refractivity (Wildman–Crippen MR) is 117 cm³/mol. The number of hydrogen-bond donors (Lipinski definition) is 1. The molecule has 0 saturated carbocycles. The number of ether oxygens (including phenoxy) is 2. The van der Waals surface area contributed by atoms with Crippen LogP contribution < -0.4 is 10.1 Å². The topological polar surface area (TPSA) is 71.1 Å².